The van der Waals surface area contributed by atoms with Gasteiger partial charge in [-0.05, 0) is 12.5 Å². The maximum atomic E-state index is 11.6. The van der Waals surface area contributed by atoms with Crippen molar-refractivity contribution < 1.29 is 4.79 Å². The van der Waals surface area contributed by atoms with Crippen LogP contribution in [0.2, 0.25) is 0 Å². The molecule has 2 rings (SSSR count). The second-order valence-electron chi connectivity index (χ2n) is 4.81. The van der Waals surface area contributed by atoms with Crippen LogP contribution in [0.3, 0.4) is 0 Å². The molecule has 0 spiro atoms. The molecule has 98 valence electrons. The number of carbonyl (C=O) groups excluding carboxylic acids is 1. The van der Waals surface area contributed by atoms with Crippen molar-refractivity contribution in [3.05, 3.63) is 35.9 Å². The molecule has 0 aliphatic carbocycles. The lowest BCUT2D eigenvalue weighted by molar-refractivity contribution is 0.0933. The van der Waals surface area contributed by atoms with Crippen LogP contribution in [-0.4, -0.2) is 48.6 Å². The Morgan fingerprint density at radius 2 is 2.06 bits per heavy atom. The van der Waals surface area contributed by atoms with E-state index in [4.69, 9.17) is 0 Å². The maximum absolute atomic E-state index is 11.6. The number of piperazine rings is 1. The van der Waals surface area contributed by atoms with E-state index in [2.05, 4.69) is 41.4 Å². The lowest BCUT2D eigenvalue weighted by atomic mass is 10.1. The van der Waals surface area contributed by atoms with Crippen molar-refractivity contribution in [3.63, 3.8) is 0 Å². The van der Waals surface area contributed by atoms with Crippen LogP contribution in [0.15, 0.2) is 30.3 Å². The van der Waals surface area contributed by atoms with Gasteiger partial charge < -0.3 is 10.2 Å². The van der Waals surface area contributed by atoms with Crippen LogP contribution in [0.25, 0.3) is 0 Å². The topological polar surface area (TPSA) is 35.6 Å². The van der Waals surface area contributed by atoms with Crippen molar-refractivity contribution in [2.75, 3.05) is 26.7 Å². The lowest BCUT2D eigenvalue weighted by Crippen LogP contribution is -2.54. The van der Waals surface area contributed by atoms with Crippen LogP contribution < -0.4 is 5.32 Å². The standard InChI is InChI=1S/C14H21N3O/c1-12-10-17(14(18)15-2)9-8-16(12)11-13-6-4-3-5-7-13/h3-7,12H,8-11H2,1-2H3,(H,15,18). The van der Waals surface area contributed by atoms with Gasteiger partial charge in [-0.15, -0.1) is 0 Å². The van der Waals surface area contributed by atoms with Crippen molar-refractivity contribution in [2.45, 2.75) is 19.5 Å². The Morgan fingerprint density at radius 1 is 1.33 bits per heavy atom. The number of hydrogen-bond donors (Lipinski definition) is 1. The Morgan fingerprint density at radius 3 is 2.67 bits per heavy atom. The summed E-state index contributed by atoms with van der Waals surface area (Å²) in [5.41, 5.74) is 1.33. The molecule has 1 aliphatic heterocycles. The summed E-state index contributed by atoms with van der Waals surface area (Å²) >= 11 is 0. The number of carbonyl (C=O) groups is 1. The minimum atomic E-state index is 0.0289. The normalized spacial score (nSPS) is 20.8. The number of benzene rings is 1. The van der Waals surface area contributed by atoms with E-state index < -0.39 is 0 Å². The van der Waals surface area contributed by atoms with Gasteiger partial charge in [0.1, 0.15) is 0 Å². The first-order valence-corrected chi connectivity index (χ1v) is 6.45. The molecule has 1 aliphatic rings. The number of nitrogens with one attached hydrogen (secondary N) is 1. The molecule has 4 nitrogen and oxygen atoms in total. The van der Waals surface area contributed by atoms with E-state index >= 15 is 0 Å². The molecule has 0 radical (unpaired) electrons. The lowest BCUT2D eigenvalue weighted by Gasteiger charge is -2.39. The van der Waals surface area contributed by atoms with E-state index in [1.807, 2.05) is 11.0 Å². The largest absolute Gasteiger partial charge is 0.341 e. The quantitative estimate of drug-likeness (QED) is 0.860. The van der Waals surface area contributed by atoms with Gasteiger partial charge in [0, 0.05) is 39.3 Å². The summed E-state index contributed by atoms with van der Waals surface area (Å²) in [6, 6.07) is 10.9. The van der Waals surface area contributed by atoms with Crippen molar-refractivity contribution in [2.24, 2.45) is 0 Å². The van der Waals surface area contributed by atoms with Crippen molar-refractivity contribution in [1.82, 2.24) is 15.1 Å². The second kappa shape index (κ2) is 5.87. The molecule has 4 heteroatoms. The predicted molar refractivity (Wildman–Crippen MR) is 72.3 cm³/mol. The first-order chi connectivity index (χ1) is 8.70. The highest BCUT2D eigenvalue weighted by molar-refractivity contribution is 5.73. The molecule has 1 unspecified atom stereocenters. The summed E-state index contributed by atoms with van der Waals surface area (Å²) in [6.07, 6.45) is 0. The fourth-order valence-electron chi connectivity index (χ4n) is 2.39. The fraction of sp³-hybridized carbons (Fsp3) is 0.500. The molecule has 1 N–H and O–H groups in total. The number of amides is 2. The second-order valence-corrected chi connectivity index (χ2v) is 4.81. The summed E-state index contributed by atoms with van der Waals surface area (Å²) < 4.78 is 0. The van der Waals surface area contributed by atoms with Crippen molar-refractivity contribution >= 4 is 6.03 Å². The molecule has 1 aromatic rings. The zero-order chi connectivity index (χ0) is 13.0. The summed E-state index contributed by atoms with van der Waals surface area (Å²) in [7, 11) is 1.68. The Labute approximate surface area is 109 Å². The smallest absolute Gasteiger partial charge is 0.317 e. The van der Waals surface area contributed by atoms with E-state index in [1.165, 1.54) is 5.56 Å². The first kappa shape index (κ1) is 12.9. The molecule has 0 saturated carbocycles. The highest BCUT2D eigenvalue weighted by atomic mass is 16.2. The molecule has 18 heavy (non-hydrogen) atoms. The van der Waals surface area contributed by atoms with Gasteiger partial charge in [-0.2, -0.15) is 0 Å². The molecule has 2 amide bonds. The average molecular weight is 247 g/mol. The van der Waals surface area contributed by atoms with Gasteiger partial charge in [0.15, 0.2) is 0 Å². The molecule has 0 bridgehead atoms. The zero-order valence-electron chi connectivity index (χ0n) is 11.1. The van der Waals surface area contributed by atoms with Crippen LogP contribution >= 0.6 is 0 Å². The fourth-order valence-corrected chi connectivity index (χ4v) is 2.39. The third-order valence-corrected chi connectivity index (χ3v) is 3.49. The molecular weight excluding hydrogens is 226 g/mol. The average Bonchev–Trinajstić information content (AvgIpc) is 2.41. The Bertz CT molecular complexity index is 393. The number of hydrogen-bond acceptors (Lipinski definition) is 2. The Kier molecular flexibility index (Phi) is 4.20. The highest BCUT2D eigenvalue weighted by Gasteiger charge is 2.25. The number of urea groups is 1. The molecular formula is C14H21N3O. The summed E-state index contributed by atoms with van der Waals surface area (Å²) in [5.74, 6) is 0. The van der Waals surface area contributed by atoms with Crippen LogP contribution in [-0.2, 0) is 6.54 Å². The van der Waals surface area contributed by atoms with Gasteiger partial charge in [0.2, 0.25) is 0 Å². The van der Waals surface area contributed by atoms with Crippen LogP contribution in [0.5, 0.6) is 0 Å². The zero-order valence-corrected chi connectivity index (χ0v) is 11.1. The third-order valence-electron chi connectivity index (χ3n) is 3.49. The molecule has 1 saturated heterocycles. The van der Waals surface area contributed by atoms with Gasteiger partial charge in [-0.3, -0.25) is 4.90 Å². The van der Waals surface area contributed by atoms with Crippen molar-refractivity contribution in [3.8, 4) is 0 Å². The van der Waals surface area contributed by atoms with E-state index in [0.29, 0.717) is 6.04 Å². The van der Waals surface area contributed by atoms with Gasteiger partial charge in [0.25, 0.3) is 0 Å². The Hall–Kier alpha value is -1.55. The maximum Gasteiger partial charge on any atom is 0.317 e. The number of nitrogens with zero attached hydrogens (tertiary/aromatic N) is 2. The molecule has 1 heterocycles. The SMILES string of the molecule is CNC(=O)N1CCN(Cc2ccccc2)C(C)C1. The molecule has 1 atom stereocenters. The Balaban J connectivity index is 1.92. The van der Waals surface area contributed by atoms with Gasteiger partial charge in [-0.1, -0.05) is 30.3 Å². The van der Waals surface area contributed by atoms with Gasteiger partial charge >= 0.3 is 6.03 Å². The summed E-state index contributed by atoms with van der Waals surface area (Å²) in [4.78, 5) is 15.9. The van der Waals surface area contributed by atoms with E-state index in [1.54, 1.807) is 7.05 Å². The van der Waals surface area contributed by atoms with Crippen LogP contribution in [0.4, 0.5) is 4.79 Å². The molecule has 1 fully saturated rings. The predicted octanol–water partition coefficient (Wildman–Crippen LogP) is 1.53. The summed E-state index contributed by atoms with van der Waals surface area (Å²) in [5, 5.41) is 2.69. The monoisotopic (exact) mass is 247 g/mol. The van der Waals surface area contributed by atoms with E-state index in [0.717, 1.165) is 26.2 Å². The van der Waals surface area contributed by atoms with E-state index in [-0.39, 0.29) is 6.03 Å². The minimum Gasteiger partial charge on any atom is -0.341 e. The van der Waals surface area contributed by atoms with E-state index in [9.17, 15) is 4.79 Å². The minimum absolute atomic E-state index is 0.0289. The third kappa shape index (κ3) is 3.01. The highest BCUT2D eigenvalue weighted by Crippen LogP contribution is 2.13. The van der Waals surface area contributed by atoms with Gasteiger partial charge in [-0.25, -0.2) is 4.79 Å². The molecule has 1 aromatic carbocycles. The van der Waals surface area contributed by atoms with Gasteiger partial charge in [0.05, 0.1) is 0 Å². The first-order valence-electron chi connectivity index (χ1n) is 6.45. The number of rotatable bonds is 2. The van der Waals surface area contributed by atoms with Crippen molar-refractivity contribution in [1.29, 1.82) is 0 Å². The van der Waals surface area contributed by atoms with Crippen LogP contribution in [0.1, 0.15) is 12.5 Å². The van der Waals surface area contributed by atoms with Crippen LogP contribution in [0, 0.1) is 0 Å². The molecule has 0 aromatic heterocycles. The summed E-state index contributed by atoms with van der Waals surface area (Å²) in [6.45, 7) is 5.68.